The Balaban J connectivity index is 0.00000245. The topological polar surface area (TPSA) is 82.6 Å². The van der Waals surface area contributed by atoms with E-state index in [0.29, 0.717) is 23.3 Å². The Kier molecular flexibility index (Phi) is 4.94. The van der Waals surface area contributed by atoms with Crippen LogP contribution >= 0.6 is 11.3 Å². The van der Waals surface area contributed by atoms with Crippen LogP contribution in [-0.4, -0.2) is 38.4 Å². The van der Waals surface area contributed by atoms with E-state index in [-0.39, 0.29) is 18.3 Å². The van der Waals surface area contributed by atoms with Gasteiger partial charge >= 0.3 is 0 Å². The summed E-state index contributed by atoms with van der Waals surface area (Å²) < 4.78 is 27.5. The number of sulfonamides is 1. The zero-order valence-electron chi connectivity index (χ0n) is 16.9. The van der Waals surface area contributed by atoms with E-state index < -0.39 is 10.0 Å². The van der Waals surface area contributed by atoms with Crippen molar-refractivity contribution < 1.29 is 14.6 Å². The number of rotatable bonds is 5. The molecule has 2 atom stereocenters. The van der Waals surface area contributed by atoms with Gasteiger partial charge in [0.1, 0.15) is 6.04 Å². The highest BCUT2D eigenvalue weighted by Gasteiger charge is 2.40. The molecule has 0 spiro atoms. The lowest BCUT2D eigenvalue weighted by Gasteiger charge is -2.26. The molecule has 5 rings (SSSR count). The van der Waals surface area contributed by atoms with Gasteiger partial charge in [-0.3, -0.25) is 9.52 Å². The fourth-order valence-electron chi connectivity index (χ4n) is 4.42. The summed E-state index contributed by atoms with van der Waals surface area (Å²) in [6.07, 6.45) is 2.28. The molecule has 0 radical (unpaired) electrons. The van der Waals surface area contributed by atoms with Crippen LogP contribution in [0.5, 0.6) is 0 Å². The van der Waals surface area contributed by atoms with Gasteiger partial charge in [-0.1, -0.05) is 25.1 Å². The third-order valence-electron chi connectivity index (χ3n) is 5.91. The molecule has 7 nitrogen and oxygen atoms in total. The molecule has 1 aromatic heterocycles. The summed E-state index contributed by atoms with van der Waals surface area (Å²) in [6, 6.07) is 14.5. The molecule has 2 aromatic carbocycles. The van der Waals surface area contributed by atoms with Crippen molar-refractivity contribution in [2.45, 2.75) is 30.2 Å². The van der Waals surface area contributed by atoms with Gasteiger partial charge in [0, 0.05) is 43.4 Å². The Bertz CT molecular complexity index is 1220. The molecule has 2 aliphatic rings. The van der Waals surface area contributed by atoms with Crippen LogP contribution in [0.1, 0.15) is 26.3 Å². The number of nitrogens with one attached hydrogen (secondary N) is 1. The highest BCUT2D eigenvalue weighted by molar-refractivity contribution is 7.93. The number of amides is 1. The molecule has 1 amide bonds. The summed E-state index contributed by atoms with van der Waals surface area (Å²) in [5.41, 5.74) is 3.14. The minimum absolute atomic E-state index is 0. The lowest BCUT2D eigenvalue weighted by molar-refractivity contribution is -0.118. The van der Waals surface area contributed by atoms with Crippen LogP contribution in [0.2, 0.25) is 0 Å². The predicted molar refractivity (Wildman–Crippen MR) is 124 cm³/mol. The average Bonchev–Trinajstić information content (AvgIpc) is 3.48. The second-order valence-electron chi connectivity index (χ2n) is 7.84. The third-order valence-corrected chi connectivity index (χ3v) is 8.09. The number of hydrogen-bond acceptors (Lipinski definition) is 6. The van der Waals surface area contributed by atoms with Gasteiger partial charge in [0.15, 0.2) is 5.13 Å². The standard InChI is InChI=1S/C22H22N4O3S2.H2/c1-15-14-26(19-5-3-2-4-18(15)19)20-10-12-25(21(20)27)16-6-8-17(9-7-16)31(28,29)24-22-23-11-13-30-22;/h2-9,11,13,15,20H,10,12,14H2,1H3,(H,23,24);1H/t15?,20-;/m0./s1. The fraction of sp³-hybridized carbons (Fsp3) is 0.273. The molecule has 1 unspecified atom stereocenters. The number of anilines is 3. The minimum atomic E-state index is -3.71. The highest BCUT2D eigenvalue weighted by atomic mass is 32.2. The Labute approximate surface area is 186 Å². The molecular weight excluding hydrogens is 432 g/mol. The first-order valence-corrected chi connectivity index (χ1v) is 12.5. The van der Waals surface area contributed by atoms with E-state index >= 15 is 0 Å². The average molecular weight is 457 g/mol. The van der Waals surface area contributed by atoms with E-state index in [4.69, 9.17) is 0 Å². The van der Waals surface area contributed by atoms with Crippen LogP contribution in [0.25, 0.3) is 0 Å². The zero-order valence-corrected chi connectivity index (χ0v) is 18.6. The van der Waals surface area contributed by atoms with E-state index in [1.54, 1.807) is 28.6 Å². The lowest BCUT2D eigenvalue weighted by atomic mass is 10.0. The molecule has 3 aromatic rings. The van der Waals surface area contributed by atoms with Crippen molar-refractivity contribution >= 4 is 43.8 Å². The fourth-order valence-corrected chi connectivity index (χ4v) is 6.20. The molecule has 0 saturated carbocycles. The number of benzene rings is 2. The summed E-state index contributed by atoms with van der Waals surface area (Å²) in [4.78, 5) is 21.3. The smallest absolute Gasteiger partial charge is 0.263 e. The van der Waals surface area contributed by atoms with Crippen molar-refractivity contribution in [3.05, 3.63) is 65.7 Å². The van der Waals surface area contributed by atoms with Gasteiger partial charge in [0.05, 0.1) is 4.90 Å². The maximum absolute atomic E-state index is 13.2. The summed E-state index contributed by atoms with van der Waals surface area (Å²) in [5.74, 6) is 0.452. The van der Waals surface area contributed by atoms with Gasteiger partial charge in [0.2, 0.25) is 5.91 Å². The van der Waals surface area contributed by atoms with Crippen LogP contribution in [0.3, 0.4) is 0 Å². The normalized spacial score (nSPS) is 20.9. The van der Waals surface area contributed by atoms with E-state index in [2.05, 4.69) is 33.7 Å². The molecule has 31 heavy (non-hydrogen) atoms. The van der Waals surface area contributed by atoms with Crippen molar-refractivity contribution in [3.63, 3.8) is 0 Å². The zero-order chi connectivity index (χ0) is 21.6. The third kappa shape index (κ3) is 3.57. The highest BCUT2D eigenvalue weighted by Crippen LogP contribution is 2.39. The van der Waals surface area contributed by atoms with Gasteiger partial charge in [-0.25, -0.2) is 13.4 Å². The molecule has 1 fully saturated rings. The van der Waals surface area contributed by atoms with Crippen LogP contribution in [-0.2, 0) is 14.8 Å². The van der Waals surface area contributed by atoms with Gasteiger partial charge in [0.25, 0.3) is 10.0 Å². The number of para-hydroxylation sites is 1. The number of fused-ring (bicyclic) bond motifs is 1. The van der Waals surface area contributed by atoms with Crippen LogP contribution < -0.4 is 14.5 Å². The Morgan fingerprint density at radius 1 is 1.16 bits per heavy atom. The maximum atomic E-state index is 13.2. The molecule has 0 aliphatic carbocycles. The molecule has 2 aliphatic heterocycles. The molecular formula is C22H24N4O3S2. The van der Waals surface area contributed by atoms with Gasteiger partial charge in [-0.2, -0.15) is 0 Å². The SMILES string of the molecule is CC1CN([C@H]2CCN(c3ccc(S(=O)(=O)Nc4nccs4)cc3)C2=O)c2ccccc21.[HH]. The minimum Gasteiger partial charge on any atom is -0.359 e. The summed E-state index contributed by atoms with van der Waals surface area (Å²) in [5, 5.41) is 2.03. The van der Waals surface area contributed by atoms with Crippen molar-refractivity contribution in [1.29, 1.82) is 0 Å². The number of nitrogens with zero attached hydrogens (tertiary/aromatic N) is 3. The van der Waals surface area contributed by atoms with Gasteiger partial charge in [-0.05, 0) is 42.3 Å². The second kappa shape index (κ2) is 7.65. The van der Waals surface area contributed by atoms with Crippen LogP contribution in [0.4, 0.5) is 16.5 Å². The first-order valence-electron chi connectivity index (χ1n) is 10.1. The van der Waals surface area contributed by atoms with Crippen molar-refractivity contribution in [1.82, 2.24) is 4.98 Å². The first-order chi connectivity index (χ1) is 14.9. The lowest BCUT2D eigenvalue weighted by Crippen LogP contribution is -2.41. The molecule has 3 heterocycles. The van der Waals surface area contributed by atoms with E-state index in [1.807, 2.05) is 12.1 Å². The number of aromatic nitrogens is 1. The van der Waals surface area contributed by atoms with E-state index in [0.717, 1.165) is 18.7 Å². The molecule has 1 N–H and O–H groups in total. The number of carbonyl (C=O) groups is 1. The van der Waals surface area contributed by atoms with Gasteiger partial charge < -0.3 is 9.80 Å². The number of thiazole rings is 1. The quantitative estimate of drug-likeness (QED) is 0.629. The van der Waals surface area contributed by atoms with Crippen LogP contribution in [0, 0.1) is 0 Å². The Hall–Kier alpha value is -2.91. The first kappa shape index (κ1) is 20.0. The summed E-state index contributed by atoms with van der Waals surface area (Å²) >= 11 is 1.22. The van der Waals surface area contributed by atoms with E-state index in [9.17, 15) is 13.2 Å². The molecule has 0 bridgehead atoms. The van der Waals surface area contributed by atoms with Crippen LogP contribution in [0.15, 0.2) is 65.0 Å². The predicted octanol–water partition coefficient (Wildman–Crippen LogP) is 3.92. The largest absolute Gasteiger partial charge is 0.359 e. The summed E-state index contributed by atoms with van der Waals surface area (Å²) in [6.45, 7) is 3.64. The number of hydrogen-bond donors (Lipinski definition) is 1. The van der Waals surface area contributed by atoms with Gasteiger partial charge in [-0.15, -0.1) is 11.3 Å². The Morgan fingerprint density at radius 2 is 1.94 bits per heavy atom. The molecule has 162 valence electrons. The molecule has 1 saturated heterocycles. The molecule has 9 heteroatoms. The monoisotopic (exact) mass is 456 g/mol. The summed E-state index contributed by atoms with van der Waals surface area (Å²) in [7, 11) is -3.71. The van der Waals surface area contributed by atoms with Crippen molar-refractivity contribution in [2.24, 2.45) is 0 Å². The Morgan fingerprint density at radius 3 is 2.68 bits per heavy atom. The maximum Gasteiger partial charge on any atom is 0.263 e. The van der Waals surface area contributed by atoms with Crippen molar-refractivity contribution in [3.8, 4) is 0 Å². The van der Waals surface area contributed by atoms with E-state index in [1.165, 1.54) is 29.0 Å². The second-order valence-corrected chi connectivity index (χ2v) is 10.4. The van der Waals surface area contributed by atoms with Crippen molar-refractivity contribution in [2.75, 3.05) is 27.6 Å². The number of carbonyl (C=O) groups excluding carboxylic acids is 1.